The number of piperidine rings is 1. The van der Waals surface area contributed by atoms with Crippen molar-refractivity contribution in [1.29, 1.82) is 0 Å². The van der Waals surface area contributed by atoms with E-state index in [4.69, 9.17) is 0 Å². The summed E-state index contributed by atoms with van der Waals surface area (Å²) >= 11 is 0. The van der Waals surface area contributed by atoms with Gasteiger partial charge >= 0.3 is 0 Å². The zero-order chi connectivity index (χ0) is 12.4. The first-order valence-electron chi connectivity index (χ1n) is 6.09. The van der Waals surface area contributed by atoms with Gasteiger partial charge in [-0.2, -0.15) is 0 Å². The first-order valence-corrected chi connectivity index (χ1v) is 6.09. The lowest BCUT2D eigenvalue weighted by atomic mass is 9.86. The number of carbonyl (C=O) groups is 1. The molecule has 4 heteroatoms. The summed E-state index contributed by atoms with van der Waals surface area (Å²) < 4.78 is 13.0. The van der Waals surface area contributed by atoms with Crippen LogP contribution in [0.1, 0.15) is 29.9 Å². The maximum atomic E-state index is 13.0. The van der Waals surface area contributed by atoms with Gasteiger partial charge in [-0.15, -0.1) is 0 Å². The van der Waals surface area contributed by atoms with Gasteiger partial charge in [-0.3, -0.25) is 4.79 Å². The average Bonchev–Trinajstić information content (AvgIpc) is 2.29. The van der Waals surface area contributed by atoms with Crippen LogP contribution in [0.25, 0.3) is 0 Å². The fourth-order valence-electron chi connectivity index (χ4n) is 2.60. The van der Waals surface area contributed by atoms with Gasteiger partial charge in [-0.05, 0) is 48.9 Å². The smallest absolute Gasteiger partial charge is 0.215 e. The van der Waals surface area contributed by atoms with Crippen LogP contribution in [0, 0.1) is 12.7 Å². The number of benzene rings is 1. The Bertz CT molecular complexity index is 427. The minimum Gasteiger partial charge on any atom is -0.352 e. The molecule has 2 nitrogen and oxygen atoms in total. The van der Waals surface area contributed by atoms with Gasteiger partial charge in [-0.1, -0.05) is 6.07 Å². The lowest BCUT2D eigenvalue weighted by Crippen LogP contribution is -2.37. The van der Waals surface area contributed by atoms with Gasteiger partial charge in [-0.25, -0.2) is 4.39 Å². The molecule has 0 bridgehead atoms. The van der Waals surface area contributed by atoms with Crippen LogP contribution in [-0.4, -0.2) is 31.6 Å². The molecule has 2 rings (SSSR count). The van der Waals surface area contributed by atoms with Crippen LogP contribution >= 0.6 is 0 Å². The molecule has 1 heterocycles. The minimum atomic E-state index is -0.174. The van der Waals surface area contributed by atoms with E-state index < -0.39 is 0 Å². The molecule has 1 aromatic rings. The van der Waals surface area contributed by atoms with E-state index in [-0.39, 0.29) is 11.6 Å². The molecule has 1 aromatic carbocycles. The summed E-state index contributed by atoms with van der Waals surface area (Å²) in [5, 5.41) is 0. The Morgan fingerprint density at radius 3 is 2.59 bits per heavy atom. The Morgan fingerprint density at radius 2 is 2.06 bits per heavy atom. The number of likely N-dealkylation sites (tertiary alicyclic amines) is 1. The largest absolute Gasteiger partial charge is 0.352 e. The number of amides is 1. The van der Waals surface area contributed by atoms with Crippen molar-refractivity contribution < 1.29 is 9.18 Å². The molecule has 1 saturated heterocycles. The van der Waals surface area contributed by atoms with Crippen LogP contribution in [0.4, 0.5) is 9.18 Å². The lowest BCUT2D eigenvalue weighted by Gasteiger charge is -2.32. The monoisotopic (exact) mass is 233 g/mol. The molecule has 0 radical (unpaired) electrons. The van der Waals surface area contributed by atoms with E-state index in [1.165, 1.54) is 11.6 Å². The maximum Gasteiger partial charge on any atom is 0.215 e. The molecule has 1 amide bonds. The average molecular weight is 233 g/mol. The predicted octanol–water partition coefficient (Wildman–Crippen LogP) is 2.07. The molecule has 1 aliphatic heterocycles. The highest BCUT2D eigenvalue weighted by Gasteiger charge is 2.22. The third kappa shape index (κ3) is 2.68. The van der Waals surface area contributed by atoms with E-state index in [0.717, 1.165) is 31.5 Å². The van der Waals surface area contributed by atoms with Gasteiger partial charge < -0.3 is 4.90 Å². The summed E-state index contributed by atoms with van der Waals surface area (Å²) in [6.45, 7) is 3.59. The summed E-state index contributed by atoms with van der Waals surface area (Å²) in [5.74, 6) is 0.443. The molecular formula is C13H17BFNO. The molecule has 0 aromatic heterocycles. The van der Waals surface area contributed by atoms with Crippen LogP contribution in [0.5, 0.6) is 0 Å². The molecule has 0 spiro atoms. The number of hydrogen-bond acceptors (Lipinski definition) is 1. The molecule has 17 heavy (non-hydrogen) atoms. The van der Waals surface area contributed by atoms with Crippen LogP contribution in [0.2, 0.25) is 0 Å². The highest BCUT2D eigenvalue weighted by atomic mass is 19.1. The second kappa shape index (κ2) is 4.90. The zero-order valence-electron chi connectivity index (χ0n) is 10.4. The molecule has 1 aliphatic rings. The van der Waals surface area contributed by atoms with Gasteiger partial charge in [0.1, 0.15) is 5.82 Å². The van der Waals surface area contributed by atoms with Gasteiger partial charge in [0.15, 0.2) is 5.81 Å². The Hall–Kier alpha value is -1.32. The minimum absolute atomic E-state index is 0.152. The number of halogens is 1. The molecule has 0 saturated carbocycles. The van der Waals surface area contributed by atoms with E-state index >= 15 is 0 Å². The van der Waals surface area contributed by atoms with Crippen molar-refractivity contribution in [2.24, 2.45) is 0 Å². The molecule has 90 valence electrons. The van der Waals surface area contributed by atoms with Crippen LogP contribution in [0.3, 0.4) is 0 Å². The van der Waals surface area contributed by atoms with Crippen LogP contribution in [-0.2, 0) is 0 Å². The molecule has 0 unspecified atom stereocenters. The van der Waals surface area contributed by atoms with Crippen molar-refractivity contribution in [2.75, 3.05) is 13.1 Å². The second-order valence-electron chi connectivity index (χ2n) is 4.78. The van der Waals surface area contributed by atoms with Gasteiger partial charge in [0, 0.05) is 13.1 Å². The first-order chi connectivity index (χ1) is 8.08. The molecule has 1 fully saturated rings. The third-order valence-corrected chi connectivity index (χ3v) is 3.61. The SMILES string of the molecule is BC(=O)N1CCC(c2ccc(F)cc2C)CC1. The number of hydrogen-bond donors (Lipinski definition) is 0. The zero-order valence-corrected chi connectivity index (χ0v) is 10.4. The van der Waals surface area contributed by atoms with Gasteiger partial charge in [0.05, 0.1) is 0 Å². The van der Waals surface area contributed by atoms with E-state index in [1.54, 1.807) is 13.9 Å². The third-order valence-electron chi connectivity index (χ3n) is 3.61. The molecule has 0 N–H and O–H groups in total. The number of aryl methyl sites for hydroxylation is 1. The summed E-state index contributed by atoms with van der Waals surface area (Å²) in [6.07, 6.45) is 1.96. The van der Waals surface area contributed by atoms with Crippen molar-refractivity contribution in [3.63, 3.8) is 0 Å². The van der Waals surface area contributed by atoms with E-state index in [9.17, 15) is 9.18 Å². The van der Waals surface area contributed by atoms with Crippen molar-refractivity contribution in [3.05, 3.63) is 35.1 Å². The fourth-order valence-corrected chi connectivity index (χ4v) is 2.60. The summed E-state index contributed by atoms with van der Waals surface area (Å²) in [4.78, 5) is 13.1. The first kappa shape index (κ1) is 12.2. The van der Waals surface area contributed by atoms with Gasteiger partial charge in [0.2, 0.25) is 7.85 Å². The van der Waals surface area contributed by atoms with Crippen LogP contribution in [0.15, 0.2) is 18.2 Å². The van der Waals surface area contributed by atoms with Crippen LogP contribution < -0.4 is 0 Å². The van der Waals surface area contributed by atoms with E-state index in [1.807, 2.05) is 17.9 Å². The topological polar surface area (TPSA) is 20.3 Å². The quantitative estimate of drug-likeness (QED) is 0.680. The summed E-state index contributed by atoms with van der Waals surface area (Å²) in [7, 11) is 1.61. The van der Waals surface area contributed by atoms with Crippen molar-refractivity contribution in [2.45, 2.75) is 25.7 Å². The Morgan fingerprint density at radius 1 is 1.41 bits per heavy atom. The van der Waals surface area contributed by atoms with Gasteiger partial charge in [0.25, 0.3) is 0 Å². The molecule has 0 atom stereocenters. The summed E-state index contributed by atoms with van der Waals surface area (Å²) in [6, 6.07) is 5.01. The van der Waals surface area contributed by atoms with Crippen molar-refractivity contribution >= 4 is 13.7 Å². The van der Waals surface area contributed by atoms with Crippen molar-refractivity contribution in [1.82, 2.24) is 4.90 Å². The number of carbonyl (C=O) groups excluding carboxylic acids is 1. The number of nitrogens with zero attached hydrogens (tertiary/aromatic N) is 1. The Balaban J connectivity index is 2.08. The Kier molecular flexibility index (Phi) is 3.50. The molecular weight excluding hydrogens is 216 g/mol. The normalized spacial score (nSPS) is 17.2. The second-order valence-corrected chi connectivity index (χ2v) is 4.78. The predicted molar refractivity (Wildman–Crippen MR) is 68.6 cm³/mol. The highest BCUT2D eigenvalue weighted by molar-refractivity contribution is 6.56. The standard InChI is InChI=1S/C13H17BFNO/c1-9-8-11(15)2-3-12(9)10-4-6-16(7-5-10)13(14)17/h2-3,8,10H,4-7,14H2,1H3. The number of rotatable bonds is 1. The summed E-state index contributed by atoms with van der Waals surface area (Å²) in [5.41, 5.74) is 2.25. The Labute approximate surface area is 102 Å². The van der Waals surface area contributed by atoms with E-state index in [2.05, 4.69) is 0 Å². The van der Waals surface area contributed by atoms with E-state index in [0.29, 0.717) is 5.92 Å². The fraction of sp³-hybridized carbons (Fsp3) is 0.462. The maximum absolute atomic E-state index is 13.0. The lowest BCUT2D eigenvalue weighted by molar-refractivity contribution is 0.204. The molecule has 0 aliphatic carbocycles. The van der Waals surface area contributed by atoms with Crippen molar-refractivity contribution in [3.8, 4) is 0 Å². The highest BCUT2D eigenvalue weighted by Crippen LogP contribution is 2.30.